The summed E-state index contributed by atoms with van der Waals surface area (Å²) in [5.41, 5.74) is 9.12. The topological polar surface area (TPSA) is 69.6 Å². The molecule has 1 heterocycles. The van der Waals surface area contributed by atoms with E-state index in [2.05, 4.69) is 31.5 Å². The Morgan fingerprint density at radius 1 is 1.19 bits per heavy atom. The van der Waals surface area contributed by atoms with Crippen molar-refractivity contribution >= 4 is 33.2 Å². The molecule has 0 saturated carbocycles. The Kier molecular flexibility index (Phi) is 3.65. The maximum absolute atomic E-state index is 6.05. The number of nitrogen functional groups attached to an aromatic ring is 1. The lowest BCUT2D eigenvalue weighted by Crippen LogP contribution is -2.02. The molecule has 3 aromatic rings. The van der Waals surface area contributed by atoms with Crippen LogP contribution in [0, 0.1) is 6.92 Å². The molecule has 0 radical (unpaired) electrons. The molecule has 106 valence electrons. The van der Waals surface area contributed by atoms with E-state index in [-0.39, 0.29) is 0 Å². The SMILES string of the molecule is Cc1cc(Br)ccc1-n1nnnc1-c1cc(N)cc(Cl)c1. The first kappa shape index (κ1) is 14.0. The lowest BCUT2D eigenvalue weighted by atomic mass is 10.1. The Hall–Kier alpha value is -1.92. The van der Waals surface area contributed by atoms with Crippen molar-refractivity contribution in [1.29, 1.82) is 0 Å². The summed E-state index contributed by atoms with van der Waals surface area (Å²) in [5, 5.41) is 12.5. The molecule has 7 heteroatoms. The summed E-state index contributed by atoms with van der Waals surface area (Å²) in [4.78, 5) is 0. The van der Waals surface area contributed by atoms with E-state index >= 15 is 0 Å². The van der Waals surface area contributed by atoms with Crippen LogP contribution >= 0.6 is 27.5 Å². The van der Waals surface area contributed by atoms with E-state index in [0.29, 0.717) is 16.5 Å². The van der Waals surface area contributed by atoms with Crippen molar-refractivity contribution in [2.24, 2.45) is 0 Å². The molecule has 2 aromatic carbocycles. The van der Waals surface area contributed by atoms with Gasteiger partial charge >= 0.3 is 0 Å². The molecular formula is C14H11BrClN5. The normalized spacial score (nSPS) is 10.8. The fraction of sp³-hybridized carbons (Fsp3) is 0.0714. The van der Waals surface area contributed by atoms with Crippen LogP contribution in [0.15, 0.2) is 40.9 Å². The summed E-state index contributed by atoms with van der Waals surface area (Å²) in [5.74, 6) is 0.592. The summed E-state index contributed by atoms with van der Waals surface area (Å²) < 4.78 is 2.68. The zero-order chi connectivity index (χ0) is 15.0. The second-order valence-electron chi connectivity index (χ2n) is 4.62. The largest absolute Gasteiger partial charge is 0.399 e. The molecule has 0 fully saturated rings. The Balaban J connectivity index is 2.17. The van der Waals surface area contributed by atoms with Crippen molar-refractivity contribution in [3.8, 4) is 17.1 Å². The van der Waals surface area contributed by atoms with Crippen molar-refractivity contribution < 1.29 is 0 Å². The van der Waals surface area contributed by atoms with Gasteiger partial charge in [0.15, 0.2) is 5.82 Å². The molecule has 5 nitrogen and oxygen atoms in total. The average Bonchev–Trinajstić information content (AvgIpc) is 2.86. The number of halogens is 2. The van der Waals surface area contributed by atoms with Crippen molar-refractivity contribution in [3.63, 3.8) is 0 Å². The number of anilines is 1. The first-order valence-corrected chi connectivity index (χ1v) is 7.33. The number of hydrogen-bond donors (Lipinski definition) is 1. The van der Waals surface area contributed by atoms with Gasteiger partial charge in [-0.3, -0.25) is 0 Å². The van der Waals surface area contributed by atoms with E-state index in [1.807, 2.05) is 25.1 Å². The second-order valence-corrected chi connectivity index (χ2v) is 5.97. The molecule has 21 heavy (non-hydrogen) atoms. The van der Waals surface area contributed by atoms with Gasteiger partial charge < -0.3 is 5.73 Å². The van der Waals surface area contributed by atoms with Crippen LogP contribution in [0.25, 0.3) is 17.1 Å². The third-order valence-corrected chi connectivity index (χ3v) is 3.75. The molecule has 0 aliphatic heterocycles. The van der Waals surface area contributed by atoms with Crippen molar-refractivity contribution in [3.05, 3.63) is 51.5 Å². The van der Waals surface area contributed by atoms with Crippen LogP contribution in [0.4, 0.5) is 5.69 Å². The summed E-state index contributed by atoms with van der Waals surface area (Å²) in [6.45, 7) is 2.00. The summed E-state index contributed by atoms with van der Waals surface area (Å²) in [6.07, 6.45) is 0. The molecule has 0 bridgehead atoms. The van der Waals surface area contributed by atoms with E-state index in [0.717, 1.165) is 21.3 Å². The highest BCUT2D eigenvalue weighted by molar-refractivity contribution is 9.10. The fourth-order valence-electron chi connectivity index (χ4n) is 2.13. The van der Waals surface area contributed by atoms with E-state index < -0.39 is 0 Å². The van der Waals surface area contributed by atoms with Crippen LogP contribution in [0.1, 0.15) is 5.56 Å². The predicted molar refractivity (Wildman–Crippen MR) is 86.4 cm³/mol. The molecular weight excluding hydrogens is 354 g/mol. The second kappa shape index (κ2) is 5.46. The molecule has 0 spiro atoms. The number of nitrogens with zero attached hydrogens (tertiary/aromatic N) is 4. The number of nitrogens with two attached hydrogens (primary N) is 1. The van der Waals surface area contributed by atoms with Gasteiger partial charge in [0.1, 0.15) is 0 Å². The highest BCUT2D eigenvalue weighted by atomic mass is 79.9. The van der Waals surface area contributed by atoms with Gasteiger partial charge in [0.2, 0.25) is 0 Å². The van der Waals surface area contributed by atoms with Crippen LogP contribution < -0.4 is 5.73 Å². The smallest absolute Gasteiger partial charge is 0.187 e. The number of aryl methyl sites for hydroxylation is 1. The zero-order valence-electron chi connectivity index (χ0n) is 11.1. The van der Waals surface area contributed by atoms with E-state index in [1.54, 1.807) is 22.9 Å². The van der Waals surface area contributed by atoms with Crippen LogP contribution in [-0.2, 0) is 0 Å². The van der Waals surface area contributed by atoms with E-state index in [1.165, 1.54) is 0 Å². The van der Waals surface area contributed by atoms with Gasteiger partial charge in [0, 0.05) is 20.7 Å². The first-order chi connectivity index (χ1) is 10.0. The Morgan fingerprint density at radius 2 is 2.00 bits per heavy atom. The Labute approximate surface area is 134 Å². The first-order valence-electron chi connectivity index (χ1n) is 6.16. The van der Waals surface area contributed by atoms with E-state index in [9.17, 15) is 0 Å². The number of hydrogen-bond acceptors (Lipinski definition) is 4. The van der Waals surface area contributed by atoms with Crippen molar-refractivity contribution in [2.75, 3.05) is 5.73 Å². The van der Waals surface area contributed by atoms with Gasteiger partial charge in [0.05, 0.1) is 5.69 Å². The van der Waals surface area contributed by atoms with Gasteiger partial charge in [-0.25, -0.2) is 0 Å². The molecule has 0 unspecified atom stereocenters. The van der Waals surface area contributed by atoms with Crippen molar-refractivity contribution in [1.82, 2.24) is 20.2 Å². The quantitative estimate of drug-likeness (QED) is 0.705. The minimum Gasteiger partial charge on any atom is -0.399 e. The van der Waals surface area contributed by atoms with Crippen LogP contribution in [0.3, 0.4) is 0 Å². The third-order valence-electron chi connectivity index (χ3n) is 3.03. The van der Waals surface area contributed by atoms with Gasteiger partial charge in [-0.2, -0.15) is 4.68 Å². The number of aromatic nitrogens is 4. The summed E-state index contributed by atoms with van der Waals surface area (Å²) in [6, 6.07) is 11.2. The van der Waals surface area contributed by atoms with Gasteiger partial charge in [-0.05, 0) is 59.3 Å². The average molecular weight is 365 g/mol. The molecule has 0 aliphatic carbocycles. The van der Waals surface area contributed by atoms with Crippen LogP contribution in [-0.4, -0.2) is 20.2 Å². The van der Waals surface area contributed by atoms with Gasteiger partial charge in [-0.1, -0.05) is 27.5 Å². The van der Waals surface area contributed by atoms with Crippen LogP contribution in [0.2, 0.25) is 5.02 Å². The van der Waals surface area contributed by atoms with Gasteiger partial charge in [0.25, 0.3) is 0 Å². The molecule has 0 aliphatic rings. The highest BCUT2D eigenvalue weighted by Gasteiger charge is 2.13. The molecule has 0 amide bonds. The van der Waals surface area contributed by atoms with E-state index in [4.69, 9.17) is 17.3 Å². The lowest BCUT2D eigenvalue weighted by molar-refractivity contribution is 0.787. The number of rotatable bonds is 2. The molecule has 1 aromatic heterocycles. The minimum atomic E-state index is 0.548. The minimum absolute atomic E-state index is 0.548. The summed E-state index contributed by atoms with van der Waals surface area (Å²) in [7, 11) is 0. The number of benzene rings is 2. The fourth-order valence-corrected chi connectivity index (χ4v) is 2.85. The number of tetrazole rings is 1. The maximum atomic E-state index is 6.05. The standard InChI is InChI=1S/C14H11BrClN5/c1-8-4-10(15)2-3-13(8)21-14(18-19-20-21)9-5-11(16)7-12(17)6-9/h2-7H,17H2,1H3. The lowest BCUT2D eigenvalue weighted by Gasteiger charge is -2.09. The maximum Gasteiger partial charge on any atom is 0.187 e. The molecule has 3 rings (SSSR count). The monoisotopic (exact) mass is 363 g/mol. The third kappa shape index (κ3) is 2.77. The Morgan fingerprint density at radius 3 is 2.71 bits per heavy atom. The van der Waals surface area contributed by atoms with Crippen LogP contribution in [0.5, 0.6) is 0 Å². The van der Waals surface area contributed by atoms with Gasteiger partial charge in [-0.15, -0.1) is 5.10 Å². The molecule has 0 saturated heterocycles. The highest BCUT2D eigenvalue weighted by Crippen LogP contribution is 2.27. The molecule has 2 N–H and O–H groups in total. The zero-order valence-corrected chi connectivity index (χ0v) is 13.4. The predicted octanol–water partition coefficient (Wildman–Crippen LogP) is 3.64. The molecule has 0 atom stereocenters. The van der Waals surface area contributed by atoms with Crippen molar-refractivity contribution in [2.45, 2.75) is 6.92 Å². The Bertz CT molecular complexity index is 795. The summed E-state index contributed by atoms with van der Waals surface area (Å²) >= 11 is 9.50.